The van der Waals surface area contributed by atoms with Crippen LogP contribution in [0.4, 0.5) is 0 Å². The van der Waals surface area contributed by atoms with Crippen LogP contribution in [0.3, 0.4) is 0 Å². The van der Waals surface area contributed by atoms with Crippen LogP contribution in [0.5, 0.6) is 0 Å². The summed E-state index contributed by atoms with van der Waals surface area (Å²) in [6.45, 7) is 6.05. The summed E-state index contributed by atoms with van der Waals surface area (Å²) in [5.74, 6) is 2.28. The minimum Gasteiger partial charge on any atom is -0.338 e. The van der Waals surface area contributed by atoms with E-state index in [-0.39, 0.29) is 10.8 Å². The molecule has 3 aromatic heterocycles. The maximum absolute atomic E-state index is 13.5. The predicted molar refractivity (Wildman–Crippen MR) is 126 cm³/mol. The number of benzene rings is 2. The lowest BCUT2D eigenvalue weighted by atomic mass is 10.1. The highest BCUT2D eigenvalue weighted by Crippen LogP contribution is 2.40. The third kappa shape index (κ3) is 3.34. The summed E-state index contributed by atoms with van der Waals surface area (Å²) in [6, 6.07) is 13.6. The third-order valence-corrected chi connectivity index (χ3v) is 7.05. The first-order valence-electron chi connectivity index (χ1n) is 11.0. The number of hydrogen-bond donors (Lipinski definition) is 0. The monoisotopic (exact) mass is 458 g/mol. The SMILES string of the molecule is Cc1ccc(-n2c(=O)c3ccccc3n3c(SC(C)c4nc(C5CC5)no4)nnc23)c(C)c1. The molecule has 8 nitrogen and oxygen atoms in total. The molecule has 9 heteroatoms. The van der Waals surface area contributed by atoms with E-state index >= 15 is 0 Å². The van der Waals surface area contributed by atoms with E-state index in [9.17, 15) is 4.79 Å². The fraction of sp³-hybridized carbons (Fsp3) is 0.292. The first-order valence-corrected chi connectivity index (χ1v) is 11.9. The maximum Gasteiger partial charge on any atom is 0.267 e. The van der Waals surface area contributed by atoms with Gasteiger partial charge < -0.3 is 4.52 Å². The van der Waals surface area contributed by atoms with Crippen LogP contribution in [0.1, 0.15) is 53.8 Å². The van der Waals surface area contributed by atoms with Crippen LogP contribution in [0.15, 0.2) is 56.9 Å². The van der Waals surface area contributed by atoms with E-state index in [2.05, 4.69) is 26.4 Å². The molecule has 0 radical (unpaired) electrons. The Labute approximate surface area is 193 Å². The molecule has 1 aliphatic rings. The fourth-order valence-electron chi connectivity index (χ4n) is 4.16. The largest absolute Gasteiger partial charge is 0.338 e. The van der Waals surface area contributed by atoms with Crippen molar-refractivity contribution >= 4 is 28.4 Å². The Morgan fingerprint density at radius 3 is 2.73 bits per heavy atom. The van der Waals surface area contributed by atoms with Crippen molar-refractivity contribution in [3.05, 3.63) is 75.7 Å². The lowest BCUT2D eigenvalue weighted by Crippen LogP contribution is -2.22. The van der Waals surface area contributed by atoms with Gasteiger partial charge in [0.1, 0.15) is 0 Å². The second kappa shape index (κ2) is 7.55. The molecule has 0 spiro atoms. The quantitative estimate of drug-likeness (QED) is 0.351. The molecule has 6 rings (SSSR count). The van der Waals surface area contributed by atoms with Crippen LogP contribution in [0.25, 0.3) is 22.4 Å². The van der Waals surface area contributed by atoms with Crippen LogP contribution >= 0.6 is 11.8 Å². The van der Waals surface area contributed by atoms with Gasteiger partial charge in [-0.3, -0.25) is 9.20 Å². The zero-order valence-electron chi connectivity index (χ0n) is 18.5. The lowest BCUT2D eigenvalue weighted by molar-refractivity contribution is 0.374. The van der Waals surface area contributed by atoms with Gasteiger partial charge in [0, 0.05) is 5.92 Å². The zero-order valence-corrected chi connectivity index (χ0v) is 19.3. The molecule has 33 heavy (non-hydrogen) atoms. The van der Waals surface area contributed by atoms with Crippen molar-refractivity contribution in [2.45, 2.75) is 49.9 Å². The second-order valence-electron chi connectivity index (χ2n) is 8.59. The van der Waals surface area contributed by atoms with Gasteiger partial charge in [0.15, 0.2) is 11.0 Å². The molecular formula is C24H22N6O2S. The maximum atomic E-state index is 13.5. The molecule has 2 aromatic carbocycles. The Morgan fingerprint density at radius 2 is 1.94 bits per heavy atom. The van der Waals surface area contributed by atoms with Crippen LogP contribution in [-0.4, -0.2) is 29.3 Å². The summed E-state index contributed by atoms with van der Waals surface area (Å²) in [5, 5.41) is 14.2. The molecule has 5 aromatic rings. The molecular weight excluding hydrogens is 436 g/mol. The molecule has 1 unspecified atom stereocenters. The average molecular weight is 459 g/mol. The molecule has 0 bridgehead atoms. The standard InChI is InChI=1S/C24H22N6O2S/c1-13-8-11-18(14(2)12-13)29-22(31)17-6-4-5-7-19(17)30-23(29)26-27-24(30)33-15(3)21-25-20(28-32-21)16-9-10-16/h4-8,11-12,15-16H,9-10H2,1-3H3. The van der Waals surface area contributed by atoms with E-state index in [0.717, 1.165) is 41.0 Å². The third-order valence-electron chi connectivity index (χ3n) is 6.02. The van der Waals surface area contributed by atoms with Crippen molar-refractivity contribution in [2.75, 3.05) is 0 Å². The van der Waals surface area contributed by atoms with Gasteiger partial charge in [0.25, 0.3) is 5.56 Å². The van der Waals surface area contributed by atoms with Crippen LogP contribution < -0.4 is 5.56 Å². The summed E-state index contributed by atoms with van der Waals surface area (Å²) >= 11 is 1.49. The molecule has 0 aliphatic heterocycles. The number of fused-ring (bicyclic) bond motifs is 3. The fourth-order valence-corrected chi connectivity index (χ4v) is 5.04. The van der Waals surface area contributed by atoms with Crippen LogP contribution in [0.2, 0.25) is 0 Å². The molecule has 166 valence electrons. The average Bonchev–Trinajstić information content (AvgIpc) is 3.38. The first kappa shape index (κ1) is 20.2. The normalized spacial score (nSPS) is 14.9. The Kier molecular flexibility index (Phi) is 4.62. The van der Waals surface area contributed by atoms with Gasteiger partial charge in [-0.25, -0.2) is 4.57 Å². The molecule has 1 saturated carbocycles. The number of nitrogens with zero attached hydrogens (tertiary/aromatic N) is 6. The van der Waals surface area contributed by atoms with Crippen molar-refractivity contribution in [1.82, 2.24) is 29.3 Å². The minimum atomic E-state index is -0.118. The number of thioether (sulfide) groups is 1. The van der Waals surface area contributed by atoms with E-state index in [1.165, 1.54) is 11.8 Å². The van der Waals surface area contributed by atoms with Crippen molar-refractivity contribution in [3.63, 3.8) is 0 Å². The zero-order chi connectivity index (χ0) is 22.7. The van der Waals surface area contributed by atoms with E-state index < -0.39 is 0 Å². The summed E-state index contributed by atoms with van der Waals surface area (Å²) in [6.07, 6.45) is 2.24. The topological polar surface area (TPSA) is 91.1 Å². The van der Waals surface area contributed by atoms with E-state index in [1.54, 1.807) is 4.57 Å². The second-order valence-corrected chi connectivity index (χ2v) is 9.90. The summed E-state index contributed by atoms with van der Waals surface area (Å²) in [5.41, 5.74) is 3.58. The highest BCUT2D eigenvalue weighted by molar-refractivity contribution is 7.99. The van der Waals surface area contributed by atoms with E-state index in [1.807, 2.05) is 61.6 Å². The summed E-state index contributed by atoms with van der Waals surface area (Å²) < 4.78 is 9.11. The molecule has 0 amide bonds. The van der Waals surface area contributed by atoms with Crippen molar-refractivity contribution < 1.29 is 4.52 Å². The van der Waals surface area contributed by atoms with Gasteiger partial charge in [-0.1, -0.05) is 46.7 Å². The van der Waals surface area contributed by atoms with E-state index in [4.69, 9.17) is 4.52 Å². The number of para-hydroxylation sites is 1. The Hall–Kier alpha value is -3.46. The Balaban J connectivity index is 1.52. The predicted octanol–water partition coefficient (Wildman–Crippen LogP) is 4.76. The summed E-state index contributed by atoms with van der Waals surface area (Å²) in [4.78, 5) is 18.1. The number of rotatable bonds is 5. The van der Waals surface area contributed by atoms with Gasteiger partial charge in [0.05, 0.1) is 21.8 Å². The molecule has 1 fully saturated rings. The van der Waals surface area contributed by atoms with Gasteiger partial charge in [-0.2, -0.15) is 4.98 Å². The van der Waals surface area contributed by atoms with Crippen molar-refractivity contribution in [1.29, 1.82) is 0 Å². The van der Waals surface area contributed by atoms with Crippen LogP contribution in [0, 0.1) is 13.8 Å². The van der Waals surface area contributed by atoms with Gasteiger partial charge in [-0.05, 0) is 57.4 Å². The van der Waals surface area contributed by atoms with Gasteiger partial charge in [-0.15, -0.1) is 10.2 Å². The number of hydrogen-bond acceptors (Lipinski definition) is 7. The highest BCUT2D eigenvalue weighted by atomic mass is 32.2. The first-order chi connectivity index (χ1) is 16.0. The molecule has 3 heterocycles. The smallest absolute Gasteiger partial charge is 0.267 e. The molecule has 0 N–H and O–H groups in total. The van der Waals surface area contributed by atoms with Crippen molar-refractivity contribution in [2.24, 2.45) is 0 Å². The van der Waals surface area contributed by atoms with E-state index in [0.29, 0.717) is 28.1 Å². The highest BCUT2D eigenvalue weighted by Gasteiger charge is 2.30. The lowest BCUT2D eigenvalue weighted by Gasteiger charge is -2.14. The molecule has 1 aliphatic carbocycles. The Bertz CT molecular complexity index is 1580. The molecule has 1 atom stereocenters. The van der Waals surface area contributed by atoms with Gasteiger partial charge >= 0.3 is 0 Å². The molecule has 0 saturated heterocycles. The van der Waals surface area contributed by atoms with Crippen LogP contribution in [-0.2, 0) is 0 Å². The minimum absolute atomic E-state index is 0.113. The number of aromatic nitrogens is 6. The Morgan fingerprint density at radius 1 is 1.12 bits per heavy atom. The van der Waals surface area contributed by atoms with Gasteiger partial charge in [0.2, 0.25) is 11.7 Å². The summed E-state index contributed by atoms with van der Waals surface area (Å²) in [7, 11) is 0. The number of aryl methyl sites for hydroxylation is 2. The van der Waals surface area contributed by atoms with Crippen molar-refractivity contribution in [3.8, 4) is 5.69 Å².